The van der Waals surface area contributed by atoms with Crippen molar-refractivity contribution in [1.82, 2.24) is 4.57 Å². The van der Waals surface area contributed by atoms with Crippen molar-refractivity contribution < 1.29 is 5.11 Å². The monoisotopic (exact) mass is 201 g/mol. The van der Waals surface area contributed by atoms with E-state index < -0.39 is 0 Å². The van der Waals surface area contributed by atoms with Crippen LogP contribution in [0.5, 0.6) is 0 Å². The van der Waals surface area contributed by atoms with Crippen LogP contribution in [0.1, 0.15) is 11.1 Å². The molecule has 1 aromatic heterocycles. The Hall–Kier alpha value is -1.54. The number of hydrogen-bond donors (Lipinski definition) is 1. The summed E-state index contributed by atoms with van der Waals surface area (Å²) in [6.07, 6.45) is 5.03. The van der Waals surface area contributed by atoms with E-state index in [1.54, 1.807) is 0 Å². The van der Waals surface area contributed by atoms with Gasteiger partial charge in [0.15, 0.2) is 0 Å². The van der Waals surface area contributed by atoms with Crippen LogP contribution in [-0.4, -0.2) is 9.67 Å². The van der Waals surface area contributed by atoms with Crippen molar-refractivity contribution >= 4 is 0 Å². The molecule has 0 unspecified atom stereocenters. The highest BCUT2D eigenvalue weighted by Crippen LogP contribution is 2.05. The third kappa shape index (κ3) is 2.70. The quantitative estimate of drug-likeness (QED) is 0.806. The van der Waals surface area contributed by atoms with Crippen LogP contribution in [0.4, 0.5) is 0 Å². The van der Waals surface area contributed by atoms with E-state index in [9.17, 15) is 0 Å². The Morgan fingerprint density at radius 1 is 1.00 bits per heavy atom. The van der Waals surface area contributed by atoms with Crippen molar-refractivity contribution in [2.24, 2.45) is 0 Å². The Morgan fingerprint density at radius 3 is 2.47 bits per heavy atom. The van der Waals surface area contributed by atoms with Gasteiger partial charge in [-0.25, -0.2) is 0 Å². The highest BCUT2D eigenvalue weighted by atomic mass is 16.3. The Bertz CT molecular complexity index is 405. The number of hydrogen-bond acceptors (Lipinski definition) is 1. The second kappa shape index (κ2) is 4.80. The first kappa shape index (κ1) is 9.99. The van der Waals surface area contributed by atoms with Gasteiger partial charge >= 0.3 is 0 Å². The highest BCUT2D eigenvalue weighted by molar-refractivity contribution is 5.15. The molecule has 2 nitrogen and oxygen atoms in total. The number of benzene rings is 1. The molecule has 0 saturated carbocycles. The second-order valence-electron chi connectivity index (χ2n) is 3.65. The summed E-state index contributed by atoms with van der Waals surface area (Å²) in [5.41, 5.74) is 2.32. The second-order valence-corrected chi connectivity index (χ2v) is 3.65. The van der Waals surface area contributed by atoms with Crippen LogP contribution in [-0.2, 0) is 19.6 Å². The van der Waals surface area contributed by atoms with Crippen LogP contribution < -0.4 is 0 Å². The topological polar surface area (TPSA) is 25.2 Å². The normalized spacial score (nSPS) is 10.5. The van der Waals surface area contributed by atoms with E-state index in [0.717, 1.165) is 18.5 Å². The minimum atomic E-state index is 0.123. The molecule has 1 N–H and O–H groups in total. The summed E-state index contributed by atoms with van der Waals surface area (Å²) in [5.74, 6) is 0. The van der Waals surface area contributed by atoms with Gasteiger partial charge in [-0.15, -0.1) is 0 Å². The van der Waals surface area contributed by atoms with Crippen molar-refractivity contribution in [2.75, 3.05) is 0 Å². The van der Waals surface area contributed by atoms with E-state index in [1.165, 1.54) is 5.56 Å². The van der Waals surface area contributed by atoms with Crippen LogP contribution in [0, 0.1) is 0 Å². The number of aliphatic hydroxyl groups excluding tert-OH is 1. The predicted octanol–water partition coefficient (Wildman–Crippen LogP) is 2.22. The van der Waals surface area contributed by atoms with Crippen molar-refractivity contribution in [3.63, 3.8) is 0 Å². The molecule has 0 amide bonds. The maximum Gasteiger partial charge on any atom is 0.0696 e. The minimum absolute atomic E-state index is 0.123. The molecule has 78 valence electrons. The Balaban J connectivity index is 1.93. The number of nitrogens with zero attached hydrogens (tertiary/aromatic N) is 1. The molecular weight excluding hydrogens is 186 g/mol. The molecule has 0 fully saturated rings. The van der Waals surface area contributed by atoms with Gasteiger partial charge in [-0.3, -0.25) is 0 Å². The van der Waals surface area contributed by atoms with E-state index in [2.05, 4.69) is 28.8 Å². The van der Waals surface area contributed by atoms with Gasteiger partial charge in [0.2, 0.25) is 0 Å². The number of aryl methyl sites for hydroxylation is 2. The largest absolute Gasteiger partial charge is 0.392 e. The first-order chi connectivity index (χ1) is 7.38. The molecular formula is C13H15NO. The minimum Gasteiger partial charge on any atom is -0.392 e. The molecule has 0 aliphatic carbocycles. The molecule has 0 atom stereocenters. The Kier molecular flexibility index (Phi) is 3.20. The van der Waals surface area contributed by atoms with Crippen LogP contribution in [0.3, 0.4) is 0 Å². The van der Waals surface area contributed by atoms with E-state index in [4.69, 9.17) is 5.11 Å². The molecule has 0 aliphatic heterocycles. The van der Waals surface area contributed by atoms with Gasteiger partial charge in [0.1, 0.15) is 0 Å². The number of aliphatic hydroxyl groups is 1. The van der Waals surface area contributed by atoms with Crippen molar-refractivity contribution in [3.8, 4) is 0 Å². The Labute approximate surface area is 89.8 Å². The first-order valence-electron chi connectivity index (χ1n) is 5.18. The lowest BCUT2D eigenvalue weighted by Gasteiger charge is -2.02. The third-order valence-corrected chi connectivity index (χ3v) is 2.50. The lowest BCUT2D eigenvalue weighted by Crippen LogP contribution is -1.98. The molecule has 0 radical (unpaired) electrons. The van der Waals surface area contributed by atoms with Gasteiger partial charge in [-0.05, 0) is 23.6 Å². The smallest absolute Gasteiger partial charge is 0.0696 e. The summed E-state index contributed by atoms with van der Waals surface area (Å²) in [4.78, 5) is 0. The maximum absolute atomic E-state index is 8.92. The van der Waals surface area contributed by atoms with Crippen LogP contribution in [0.2, 0.25) is 0 Å². The molecule has 1 heterocycles. The average Bonchev–Trinajstić information content (AvgIpc) is 2.76. The summed E-state index contributed by atoms with van der Waals surface area (Å²) < 4.78 is 2.11. The van der Waals surface area contributed by atoms with Gasteiger partial charge in [0, 0.05) is 18.9 Å². The molecule has 15 heavy (non-hydrogen) atoms. The first-order valence-corrected chi connectivity index (χ1v) is 5.18. The zero-order valence-corrected chi connectivity index (χ0v) is 8.63. The van der Waals surface area contributed by atoms with Crippen LogP contribution >= 0.6 is 0 Å². The van der Waals surface area contributed by atoms with Crippen LogP contribution in [0.15, 0.2) is 48.8 Å². The van der Waals surface area contributed by atoms with Crippen molar-refractivity contribution in [3.05, 3.63) is 59.9 Å². The number of rotatable bonds is 4. The van der Waals surface area contributed by atoms with E-state index in [0.29, 0.717) is 0 Å². The summed E-state index contributed by atoms with van der Waals surface area (Å²) >= 11 is 0. The molecule has 0 saturated heterocycles. The SMILES string of the molecule is OCc1ccn(CCc2ccccc2)c1. The van der Waals surface area contributed by atoms with Gasteiger partial charge in [0.25, 0.3) is 0 Å². The standard InChI is InChI=1S/C13H15NO/c15-11-13-7-9-14(10-13)8-6-12-4-2-1-3-5-12/h1-5,7,9-10,15H,6,8,11H2. The van der Waals surface area contributed by atoms with Gasteiger partial charge in [-0.1, -0.05) is 30.3 Å². The maximum atomic E-state index is 8.92. The molecule has 0 aliphatic rings. The molecule has 2 aromatic rings. The van der Waals surface area contributed by atoms with E-state index in [1.807, 2.05) is 24.5 Å². The molecule has 2 rings (SSSR count). The van der Waals surface area contributed by atoms with Gasteiger partial charge in [-0.2, -0.15) is 0 Å². The lowest BCUT2D eigenvalue weighted by molar-refractivity contribution is 0.281. The lowest BCUT2D eigenvalue weighted by atomic mass is 10.1. The summed E-state index contributed by atoms with van der Waals surface area (Å²) in [6.45, 7) is 1.09. The molecule has 0 spiro atoms. The van der Waals surface area contributed by atoms with E-state index >= 15 is 0 Å². The third-order valence-electron chi connectivity index (χ3n) is 2.50. The summed E-state index contributed by atoms with van der Waals surface area (Å²) in [6, 6.07) is 12.4. The number of aromatic nitrogens is 1. The summed E-state index contributed by atoms with van der Waals surface area (Å²) in [5, 5.41) is 8.92. The van der Waals surface area contributed by atoms with Crippen molar-refractivity contribution in [2.45, 2.75) is 19.6 Å². The molecule has 1 aromatic carbocycles. The predicted molar refractivity (Wildman–Crippen MR) is 60.5 cm³/mol. The van der Waals surface area contributed by atoms with Gasteiger partial charge < -0.3 is 9.67 Å². The van der Waals surface area contributed by atoms with E-state index in [-0.39, 0.29) is 6.61 Å². The zero-order chi connectivity index (χ0) is 10.5. The fourth-order valence-corrected chi connectivity index (χ4v) is 1.63. The highest BCUT2D eigenvalue weighted by Gasteiger charge is 1.96. The zero-order valence-electron chi connectivity index (χ0n) is 8.63. The Morgan fingerprint density at radius 2 is 1.80 bits per heavy atom. The van der Waals surface area contributed by atoms with Gasteiger partial charge in [0.05, 0.1) is 6.61 Å². The average molecular weight is 201 g/mol. The van der Waals surface area contributed by atoms with Crippen LogP contribution in [0.25, 0.3) is 0 Å². The fraction of sp³-hybridized carbons (Fsp3) is 0.231. The fourth-order valence-electron chi connectivity index (χ4n) is 1.63. The van der Waals surface area contributed by atoms with Crippen molar-refractivity contribution in [1.29, 1.82) is 0 Å². The molecule has 2 heteroatoms. The molecule has 0 bridgehead atoms. The summed E-state index contributed by atoms with van der Waals surface area (Å²) in [7, 11) is 0.